The molecule has 2 aromatic heterocycles. The van der Waals surface area contributed by atoms with E-state index in [0.29, 0.717) is 30.2 Å². The second-order valence-corrected chi connectivity index (χ2v) is 8.10. The number of aldehydes is 1. The smallest absolute Gasteiger partial charge is 0.382 e. The van der Waals surface area contributed by atoms with Crippen molar-refractivity contribution in [3.63, 3.8) is 0 Å². The van der Waals surface area contributed by atoms with Gasteiger partial charge in [-0.3, -0.25) is 14.6 Å². The highest BCUT2D eigenvalue weighted by Gasteiger charge is 2.34. The number of piperazine rings is 1. The second kappa shape index (κ2) is 11.9. The molecule has 1 amide bonds. The van der Waals surface area contributed by atoms with E-state index >= 15 is 0 Å². The second-order valence-electron chi connectivity index (χ2n) is 8.10. The Balaban J connectivity index is 0.000000253. The molecule has 0 spiro atoms. The molecule has 36 heavy (non-hydrogen) atoms. The van der Waals surface area contributed by atoms with Crippen molar-refractivity contribution >= 4 is 12.7 Å². The summed E-state index contributed by atoms with van der Waals surface area (Å²) in [6.07, 6.45) is -0.339. The summed E-state index contributed by atoms with van der Waals surface area (Å²) in [4.78, 5) is 29.5. The average Bonchev–Trinajstić information content (AvgIpc) is 3.29. The Labute approximate surface area is 205 Å². The van der Waals surface area contributed by atoms with E-state index in [1.807, 2.05) is 4.90 Å². The van der Waals surface area contributed by atoms with E-state index in [-0.39, 0.29) is 17.4 Å². The van der Waals surface area contributed by atoms with E-state index in [0.717, 1.165) is 38.2 Å². The van der Waals surface area contributed by atoms with Gasteiger partial charge in [-0.2, -0.15) is 18.3 Å². The molecule has 0 saturated carbocycles. The normalized spacial score (nSPS) is 16.3. The van der Waals surface area contributed by atoms with E-state index in [1.165, 1.54) is 23.1 Å². The van der Waals surface area contributed by atoms with Crippen LogP contribution in [-0.4, -0.2) is 83.7 Å². The van der Waals surface area contributed by atoms with E-state index in [4.69, 9.17) is 4.74 Å². The summed E-state index contributed by atoms with van der Waals surface area (Å²) in [5, 5.41) is 3.99. The number of carbonyl (C=O) groups excluding carboxylic acids is 2. The molecule has 1 atom stereocenters. The zero-order chi connectivity index (χ0) is 26.3. The number of benzene rings is 1. The summed E-state index contributed by atoms with van der Waals surface area (Å²) in [6.45, 7) is 3.31. The molecule has 1 aromatic carbocycles. The Morgan fingerprint density at radius 3 is 2.42 bits per heavy atom. The van der Waals surface area contributed by atoms with Gasteiger partial charge in [-0.05, 0) is 37.4 Å². The molecule has 1 aliphatic rings. The van der Waals surface area contributed by atoms with Gasteiger partial charge in [-0.15, -0.1) is 0 Å². The van der Waals surface area contributed by atoms with Crippen LogP contribution in [-0.2, 0) is 15.7 Å². The molecule has 1 unspecified atom stereocenters. The van der Waals surface area contributed by atoms with Gasteiger partial charge in [0, 0.05) is 50.8 Å². The van der Waals surface area contributed by atoms with Crippen molar-refractivity contribution in [3.05, 3.63) is 65.9 Å². The topological polar surface area (TPSA) is 80.6 Å². The Kier molecular flexibility index (Phi) is 8.88. The first-order valence-corrected chi connectivity index (χ1v) is 10.9. The van der Waals surface area contributed by atoms with Crippen molar-refractivity contribution in [2.45, 2.75) is 12.2 Å². The number of halogens is 4. The summed E-state index contributed by atoms with van der Waals surface area (Å²) < 4.78 is 58.1. The van der Waals surface area contributed by atoms with Gasteiger partial charge in [0.25, 0.3) is 0 Å². The van der Waals surface area contributed by atoms with Crippen LogP contribution in [0.4, 0.5) is 17.6 Å². The number of rotatable bonds is 6. The Morgan fingerprint density at radius 2 is 1.83 bits per heavy atom. The lowest BCUT2D eigenvalue weighted by molar-refractivity contribution is -0.140. The van der Waals surface area contributed by atoms with Gasteiger partial charge in [0.1, 0.15) is 11.5 Å². The van der Waals surface area contributed by atoms with Crippen LogP contribution in [0.3, 0.4) is 0 Å². The lowest BCUT2D eigenvalue weighted by Gasteiger charge is -2.37. The molecule has 0 aliphatic carbocycles. The molecule has 1 fully saturated rings. The van der Waals surface area contributed by atoms with Crippen LogP contribution in [0.5, 0.6) is 0 Å². The number of hydrogen-bond acceptors (Lipinski definition) is 6. The van der Waals surface area contributed by atoms with E-state index in [2.05, 4.69) is 22.0 Å². The molecule has 1 saturated heterocycles. The fraction of sp³-hybridized carbons (Fsp3) is 0.333. The Bertz CT molecular complexity index is 1170. The SMILES string of the molecule is COCC1CN(C)CCN1C=O.O=Cc1cc(-c2ccncc2)n(-c2ccc(C(F)(F)F)c(F)c2)n1. The molecule has 1 aliphatic heterocycles. The first-order chi connectivity index (χ1) is 17.2. The average molecular weight is 507 g/mol. The van der Waals surface area contributed by atoms with Crippen LogP contribution in [0, 0.1) is 5.82 Å². The van der Waals surface area contributed by atoms with Crippen molar-refractivity contribution in [2.75, 3.05) is 40.4 Å². The highest BCUT2D eigenvalue weighted by molar-refractivity contribution is 5.76. The van der Waals surface area contributed by atoms with Crippen LogP contribution >= 0.6 is 0 Å². The van der Waals surface area contributed by atoms with Crippen LogP contribution in [0.15, 0.2) is 48.8 Å². The highest BCUT2D eigenvalue weighted by atomic mass is 19.4. The molecule has 12 heteroatoms. The number of likely N-dealkylation sites (N-methyl/N-ethyl adjacent to an activating group) is 1. The minimum absolute atomic E-state index is 0.0698. The molecule has 3 heterocycles. The molecular formula is C24H25F4N5O3. The predicted octanol–water partition coefficient (Wildman–Crippen LogP) is 3.31. The fourth-order valence-corrected chi connectivity index (χ4v) is 3.75. The standard InChI is InChI=1S/C16H9F4N3O.C8H16N2O2/c17-14-8-12(1-2-13(14)16(18,19)20)23-15(7-11(9-24)22-23)10-3-5-21-6-4-10;1-9-3-4-10(7-11)8(5-9)6-12-2/h1-9H;7-8H,3-6H2,1-2H3. The molecule has 192 valence electrons. The third kappa shape index (κ3) is 6.52. The summed E-state index contributed by atoms with van der Waals surface area (Å²) in [5.41, 5.74) is -0.161. The van der Waals surface area contributed by atoms with Crippen molar-refractivity contribution in [1.82, 2.24) is 24.6 Å². The Hall–Kier alpha value is -3.64. The molecule has 0 N–H and O–H groups in total. The predicted molar refractivity (Wildman–Crippen MR) is 123 cm³/mol. The minimum atomic E-state index is -4.78. The quantitative estimate of drug-likeness (QED) is 0.376. The third-order valence-electron chi connectivity index (χ3n) is 5.55. The number of pyridine rings is 1. The van der Waals surface area contributed by atoms with Crippen LogP contribution in [0.1, 0.15) is 16.1 Å². The van der Waals surface area contributed by atoms with Gasteiger partial charge < -0.3 is 14.5 Å². The molecule has 3 aromatic rings. The van der Waals surface area contributed by atoms with Gasteiger partial charge in [-0.1, -0.05) is 0 Å². The monoisotopic (exact) mass is 507 g/mol. The third-order valence-corrected chi connectivity index (χ3v) is 5.55. The maximum absolute atomic E-state index is 13.8. The van der Waals surface area contributed by atoms with Crippen LogP contribution in [0.25, 0.3) is 16.9 Å². The highest BCUT2D eigenvalue weighted by Crippen LogP contribution is 2.33. The molecular weight excluding hydrogens is 482 g/mol. The summed E-state index contributed by atoms with van der Waals surface area (Å²) in [5.74, 6) is -1.41. The maximum atomic E-state index is 13.8. The van der Waals surface area contributed by atoms with Crippen molar-refractivity contribution in [1.29, 1.82) is 0 Å². The number of alkyl halides is 3. The number of methoxy groups -OCH3 is 1. The molecule has 4 rings (SSSR count). The maximum Gasteiger partial charge on any atom is 0.419 e. The summed E-state index contributed by atoms with van der Waals surface area (Å²) in [7, 11) is 3.72. The van der Waals surface area contributed by atoms with Crippen LogP contribution < -0.4 is 0 Å². The zero-order valence-electron chi connectivity index (χ0n) is 19.7. The lowest BCUT2D eigenvalue weighted by atomic mass is 10.1. The van der Waals surface area contributed by atoms with Gasteiger partial charge in [0.2, 0.25) is 6.41 Å². The van der Waals surface area contributed by atoms with Gasteiger partial charge in [0.05, 0.1) is 29.6 Å². The van der Waals surface area contributed by atoms with Gasteiger partial charge >= 0.3 is 6.18 Å². The van der Waals surface area contributed by atoms with Gasteiger partial charge in [-0.25, -0.2) is 9.07 Å². The molecule has 0 radical (unpaired) electrons. The first kappa shape index (κ1) is 27.0. The number of ether oxygens (including phenoxy) is 1. The molecule has 0 bridgehead atoms. The van der Waals surface area contributed by atoms with E-state index in [1.54, 1.807) is 19.2 Å². The summed E-state index contributed by atoms with van der Waals surface area (Å²) >= 11 is 0. The number of aromatic nitrogens is 3. The zero-order valence-corrected chi connectivity index (χ0v) is 19.7. The lowest BCUT2D eigenvalue weighted by Crippen LogP contribution is -2.52. The number of nitrogens with zero attached hydrogens (tertiary/aromatic N) is 5. The fourth-order valence-electron chi connectivity index (χ4n) is 3.75. The number of hydrogen-bond donors (Lipinski definition) is 0. The minimum Gasteiger partial charge on any atom is -0.382 e. The largest absolute Gasteiger partial charge is 0.419 e. The van der Waals surface area contributed by atoms with Crippen LogP contribution in [0.2, 0.25) is 0 Å². The van der Waals surface area contributed by atoms with E-state index in [9.17, 15) is 27.2 Å². The Morgan fingerprint density at radius 1 is 1.11 bits per heavy atom. The summed E-state index contributed by atoms with van der Waals surface area (Å²) in [6, 6.07) is 7.44. The van der Waals surface area contributed by atoms with Crippen molar-refractivity contribution in [3.8, 4) is 16.9 Å². The first-order valence-electron chi connectivity index (χ1n) is 10.9. The van der Waals surface area contributed by atoms with E-state index < -0.39 is 17.6 Å². The van der Waals surface area contributed by atoms with Gasteiger partial charge in [0.15, 0.2) is 6.29 Å². The van der Waals surface area contributed by atoms with Crippen molar-refractivity contribution in [2.24, 2.45) is 0 Å². The number of amides is 1. The van der Waals surface area contributed by atoms with Crippen molar-refractivity contribution < 1.29 is 31.9 Å². The number of carbonyl (C=O) groups is 2. The molecule has 8 nitrogen and oxygen atoms in total.